The summed E-state index contributed by atoms with van der Waals surface area (Å²) in [5, 5.41) is 1.27. The van der Waals surface area contributed by atoms with Crippen LogP contribution >= 0.6 is 0 Å². The molecule has 3 aromatic carbocycles. The largest absolute Gasteiger partial charge is 0.294 e. The smallest absolute Gasteiger partial charge is 0.181 e. The SMILES string of the molecule is O=C(c1cccc2ccccc12)[C@H]1C[C@@H]1S(=O)(=O)c1ccccc1. The zero-order chi connectivity index (χ0) is 16.7. The third kappa shape index (κ3) is 2.43. The number of hydrogen-bond acceptors (Lipinski definition) is 3. The van der Waals surface area contributed by atoms with E-state index in [0.717, 1.165) is 10.8 Å². The van der Waals surface area contributed by atoms with Crippen LogP contribution in [-0.4, -0.2) is 19.5 Å². The van der Waals surface area contributed by atoms with E-state index in [-0.39, 0.29) is 5.78 Å². The number of rotatable bonds is 4. The highest BCUT2D eigenvalue weighted by Gasteiger charge is 2.52. The van der Waals surface area contributed by atoms with Crippen LogP contribution in [-0.2, 0) is 9.84 Å². The van der Waals surface area contributed by atoms with Crippen LogP contribution in [0.4, 0.5) is 0 Å². The van der Waals surface area contributed by atoms with Crippen molar-refractivity contribution in [3.63, 3.8) is 0 Å². The standard InChI is InChI=1S/C20H16O3S/c21-20(17-12-6-8-14-7-4-5-11-16(14)17)18-13-19(18)24(22,23)15-9-2-1-3-10-15/h1-12,18-19H,13H2/t18-,19-/m0/s1. The Morgan fingerprint density at radius 1 is 0.833 bits per heavy atom. The van der Waals surface area contributed by atoms with Crippen molar-refractivity contribution in [2.45, 2.75) is 16.6 Å². The molecule has 0 amide bonds. The van der Waals surface area contributed by atoms with Gasteiger partial charge in [0.1, 0.15) is 0 Å². The summed E-state index contributed by atoms with van der Waals surface area (Å²) in [5.41, 5.74) is 0.615. The van der Waals surface area contributed by atoms with Crippen molar-refractivity contribution in [3.05, 3.63) is 78.4 Å². The molecule has 0 heterocycles. The second kappa shape index (κ2) is 5.56. The lowest BCUT2D eigenvalue weighted by molar-refractivity contribution is 0.0969. The van der Waals surface area contributed by atoms with Gasteiger partial charge in [-0.2, -0.15) is 0 Å². The van der Waals surface area contributed by atoms with Gasteiger partial charge >= 0.3 is 0 Å². The molecule has 0 spiro atoms. The van der Waals surface area contributed by atoms with Crippen molar-refractivity contribution in [2.24, 2.45) is 5.92 Å². The van der Waals surface area contributed by atoms with Crippen LogP contribution in [0.2, 0.25) is 0 Å². The van der Waals surface area contributed by atoms with Gasteiger partial charge in [0.05, 0.1) is 10.1 Å². The minimum absolute atomic E-state index is 0.0729. The van der Waals surface area contributed by atoms with Crippen LogP contribution in [0.25, 0.3) is 10.8 Å². The molecule has 4 rings (SSSR count). The van der Waals surface area contributed by atoms with Gasteiger partial charge in [0.15, 0.2) is 15.6 Å². The second-order valence-electron chi connectivity index (χ2n) is 6.13. The third-order valence-corrected chi connectivity index (χ3v) is 6.84. The zero-order valence-corrected chi connectivity index (χ0v) is 13.7. The Bertz CT molecular complexity index is 1020. The maximum absolute atomic E-state index is 12.8. The molecule has 24 heavy (non-hydrogen) atoms. The molecule has 2 atom stereocenters. The first-order valence-electron chi connectivity index (χ1n) is 7.90. The van der Waals surface area contributed by atoms with Crippen LogP contribution in [0.15, 0.2) is 77.7 Å². The highest BCUT2D eigenvalue weighted by molar-refractivity contribution is 7.92. The van der Waals surface area contributed by atoms with E-state index in [1.54, 1.807) is 36.4 Å². The van der Waals surface area contributed by atoms with Crippen molar-refractivity contribution in [3.8, 4) is 0 Å². The summed E-state index contributed by atoms with van der Waals surface area (Å²) in [6.07, 6.45) is 0.402. The Labute approximate surface area is 140 Å². The Morgan fingerprint density at radius 2 is 1.50 bits per heavy atom. The van der Waals surface area contributed by atoms with Crippen LogP contribution in [0.1, 0.15) is 16.8 Å². The van der Waals surface area contributed by atoms with Crippen LogP contribution < -0.4 is 0 Å². The molecule has 3 aromatic rings. The fourth-order valence-electron chi connectivity index (χ4n) is 3.22. The van der Waals surface area contributed by atoms with Gasteiger partial charge < -0.3 is 0 Å². The molecular formula is C20H16O3S. The molecular weight excluding hydrogens is 320 g/mol. The molecule has 1 saturated carbocycles. The number of hydrogen-bond donors (Lipinski definition) is 0. The number of sulfone groups is 1. The molecule has 1 fully saturated rings. The lowest BCUT2D eigenvalue weighted by Crippen LogP contribution is -2.14. The summed E-state index contributed by atoms with van der Waals surface area (Å²) in [6.45, 7) is 0. The molecule has 0 saturated heterocycles. The quantitative estimate of drug-likeness (QED) is 0.679. The number of carbonyl (C=O) groups excluding carboxylic acids is 1. The summed E-state index contributed by atoms with van der Waals surface area (Å²) in [4.78, 5) is 13.1. The molecule has 0 unspecified atom stereocenters. The first kappa shape index (κ1) is 15.1. The van der Waals surface area contributed by atoms with Gasteiger partial charge in [-0.3, -0.25) is 4.79 Å². The number of carbonyl (C=O) groups is 1. The first-order valence-corrected chi connectivity index (χ1v) is 9.44. The number of ketones is 1. The van der Waals surface area contributed by atoms with Gasteiger partial charge in [-0.15, -0.1) is 0 Å². The third-order valence-electron chi connectivity index (χ3n) is 4.59. The minimum atomic E-state index is -3.44. The lowest BCUT2D eigenvalue weighted by atomic mass is 9.99. The predicted molar refractivity (Wildman–Crippen MR) is 93.8 cm³/mol. The summed E-state index contributed by atoms with van der Waals surface area (Å²) < 4.78 is 25.3. The van der Waals surface area contributed by atoms with Gasteiger partial charge in [0, 0.05) is 11.5 Å². The normalized spacial score (nSPS) is 20.0. The van der Waals surface area contributed by atoms with Crippen LogP contribution in [0.3, 0.4) is 0 Å². The maximum atomic E-state index is 12.8. The average Bonchev–Trinajstić information content (AvgIpc) is 3.43. The fourth-order valence-corrected chi connectivity index (χ4v) is 5.12. The molecule has 0 aromatic heterocycles. The Kier molecular flexibility index (Phi) is 3.50. The molecule has 0 bridgehead atoms. The van der Waals surface area contributed by atoms with E-state index in [1.165, 1.54) is 0 Å². The number of fused-ring (bicyclic) bond motifs is 1. The van der Waals surface area contributed by atoms with Gasteiger partial charge in [-0.05, 0) is 29.3 Å². The number of Topliss-reactive ketones (excluding diaryl/α,β-unsaturated/α-hetero) is 1. The van der Waals surface area contributed by atoms with Gasteiger partial charge in [-0.25, -0.2) is 8.42 Å². The van der Waals surface area contributed by atoms with Crippen LogP contribution in [0, 0.1) is 5.92 Å². The topological polar surface area (TPSA) is 51.2 Å². The van der Waals surface area contributed by atoms with Crippen LogP contribution in [0.5, 0.6) is 0 Å². The Hall–Kier alpha value is -2.46. The molecule has 0 radical (unpaired) electrons. The van der Waals surface area contributed by atoms with Gasteiger partial charge in [0.25, 0.3) is 0 Å². The summed E-state index contributed by atoms with van der Waals surface area (Å²) in [7, 11) is -3.44. The fraction of sp³-hybridized carbons (Fsp3) is 0.150. The summed E-state index contributed by atoms with van der Waals surface area (Å²) >= 11 is 0. The zero-order valence-electron chi connectivity index (χ0n) is 12.9. The summed E-state index contributed by atoms with van der Waals surface area (Å²) in [5.74, 6) is -0.516. The van der Waals surface area contributed by atoms with Crippen molar-refractivity contribution >= 4 is 26.4 Å². The highest BCUT2D eigenvalue weighted by Crippen LogP contribution is 2.43. The highest BCUT2D eigenvalue weighted by atomic mass is 32.2. The van der Waals surface area contributed by atoms with E-state index in [4.69, 9.17) is 0 Å². The average molecular weight is 336 g/mol. The van der Waals surface area contributed by atoms with Crippen molar-refractivity contribution in [1.29, 1.82) is 0 Å². The van der Waals surface area contributed by atoms with E-state index in [2.05, 4.69) is 0 Å². The predicted octanol–water partition coefficient (Wildman–Crippen LogP) is 3.88. The van der Waals surface area contributed by atoms with Crippen molar-refractivity contribution in [2.75, 3.05) is 0 Å². The summed E-state index contributed by atoms with van der Waals surface area (Å²) in [6, 6.07) is 21.6. The number of benzene rings is 3. The van der Waals surface area contributed by atoms with E-state index in [0.29, 0.717) is 16.9 Å². The minimum Gasteiger partial charge on any atom is -0.294 e. The van der Waals surface area contributed by atoms with E-state index < -0.39 is 21.0 Å². The molecule has 3 nitrogen and oxygen atoms in total. The molecule has 4 heteroatoms. The van der Waals surface area contributed by atoms with Gasteiger partial charge in [0.2, 0.25) is 0 Å². The molecule has 0 aliphatic heterocycles. The second-order valence-corrected chi connectivity index (χ2v) is 8.30. The molecule has 1 aliphatic carbocycles. The monoisotopic (exact) mass is 336 g/mol. The lowest BCUT2D eigenvalue weighted by Gasteiger charge is -2.06. The van der Waals surface area contributed by atoms with E-state index >= 15 is 0 Å². The molecule has 120 valence electrons. The molecule has 0 N–H and O–H groups in total. The Balaban J connectivity index is 1.66. The van der Waals surface area contributed by atoms with E-state index in [1.807, 2.05) is 36.4 Å². The Morgan fingerprint density at radius 3 is 2.29 bits per heavy atom. The van der Waals surface area contributed by atoms with Gasteiger partial charge in [-0.1, -0.05) is 60.7 Å². The van der Waals surface area contributed by atoms with Crippen molar-refractivity contribution < 1.29 is 13.2 Å². The molecule has 1 aliphatic rings. The van der Waals surface area contributed by atoms with Crippen molar-refractivity contribution in [1.82, 2.24) is 0 Å². The van der Waals surface area contributed by atoms with E-state index in [9.17, 15) is 13.2 Å². The first-order chi connectivity index (χ1) is 11.6. The maximum Gasteiger partial charge on any atom is 0.181 e.